The Hall–Kier alpha value is -1.66. The molecule has 0 spiro atoms. The third-order valence-corrected chi connectivity index (χ3v) is 4.62. The van der Waals surface area contributed by atoms with Crippen LogP contribution in [0.15, 0.2) is 39.2 Å². The number of carbonyl (C=O) groups is 1. The van der Waals surface area contributed by atoms with Crippen LogP contribution < -0.4 is 10.2 Å². The number of benzene rings is 1. The molecule has 0 aliphatic heterocycles. The van der Waals surface area contributed by atoms with Crippen LogP contribution in [0, 0.1) is 13.8 Å². The van der Waals surface area contributed by atoms with E-state index in [4.69, 9.17) is 4.74 Å². The minimum absolute atomic E-state index is 0.0676. The number of rotatable bonds is 5. The van der Waals surface area contributed by atoms with Crippen LogP contribution in [-0.2, 0) is 4.79 Å². The lowest BCUT2D eigenvalue weighted by atomic mass is 10.2. The van der Waals surface area contributed by atoms with Gasteiger partial charge in [-0.1, -0.05) is 15.9 Å². The summed E-state index contributed by atoms with van der Waals surface area (Å²) >= 11 is 4.99. The zero-order valence-electron chi connectivity index (χ0n) is 11.7. The van der Waals surface area contributed by atoms with E-state index in [1.807, 2.05) is 43.5 Å². The molecule has 4 nitrogen and oxygen atoms in total. The molecule has 2 rings (SSSR count). The predicted molar refractivity (Wildman–Crippen MR) is 89.2 cm³/mol. The Bertz CT molecular complexity index is 667. The van der Waals surface area contributed by atoms with Crippen molar-refractivity contribution in [1.29, 1.82) is 0 Å². The molecular formula is C15H15BrN2O2S. The molecule has 0 radical (unpaired) electrons. The van der Waals surface area contributed by atoms with Crippen molar-refractivity contribution in [3.8, 4) is 5.75 Å². The van der Waals surface area contributed by atoms with E-state index in [1.54, 1.807) is 17.6 Å². The first kappa shape index (κ1) is 15.7. The molecule has 1 aromatic carbocycles. The lowest BCUT2D eigenvalue weighted by Crippen LogP contribution is -2.24. The number of carbonyl (C=O) groups excluding carboxylic acids is 1. The first-order valence-electron chi connectivity index (χ1n) is 6.31. The molecule has 0 bridgehead atoms. The summed E-state index contributed by atoms with van der Waals surface area (Å²) in [5.74, 6) is 0.366. The number of nitrogens with zero attached hydrogens (tertiary/aromatic N) is 1. The second-order valence-corrected chi connectivity index (χ2v) is 6.26. The van der Waals surface area contributed by atoms with E-state index in [-0.39, 0.29) is 12.5 Å². The van der Waals surface area contributed by atoms with Gasteiger partial charge in [-0.05, 0) is 54.6 Å². The maximum Gasteiger partial charge on any atom is 0.277 e. The van der Waals surface area contributed by atoms with Crippen molar-refractivity contribution in [3.05, 3.63) is 50.1 Å². The fraction of sp³-hybridized carbons (Fsp3) is 0.200. The van der Waals surface area contributed by atoms with E-state index in [0.29, 0.717) is 5.75 Å². The first-order valence-corrected chi connectivity index (χ1v) is 7.98. The summed E-state index contributed by atoms with van der Waals surface area (Å²) in [5.41, 5.74) is 4.64. The highest BCUT2D eigenvalue weighted by Crippen LogP contribution is 2.21. The quantitative estimate of drug-likeness (QED) is 0.648. The number of thiophene rings is 1. The molecule has 21 heavy (non-hydrogen) atoms. The average molecular weight is 367 g/mol. The zero-order valence-corrected chi connectivity index (χ0v) is 14.1. The van der Waals surface area contributed by atoms with Gasteiger partial charge < -0.3 is 4.74 Å². The van der Waals surface area contributed by atoms with Crippen LogP contribution in [-0.4, -0.2) is 18.7 Å². The largest absolute Gasteiger partial charge is 0.484 e. The number of nitrogens with one attached hydrogen (secondary N) is 1. The van der Waals surface area contributed by atoms with E-state index >= 15 is 0 Å². The second-order valence-electron chi connectivity index (χ2n) is 4.46. The molecule has 0 unspecified atom stereocenters. The summed E-state index contributed by atoms with van der Waals surface area (Å²) in [7, 11) is 0. The summed E-state index contributed by atoms with van der Waals surface area (Å²) in [4.78, 5) is 12.7. The third kappa shape index (κ3) is 4.68. The summed E-state index contributed by atoms with van der Waals surface area (Å²) in [6.45, 7) is 3.89. The number of aryl methyl sites for hydroxylation is 2. The van der Waals surface area contributed by atoms with Crippen molar-refractivity contribution in [2.75, 3.05) is 6.61 Å². The normalized spacial score (nSPS) is 10.8. The molecule has 0 fully saturated rings. The van der Waals surface area contributed by atoms with E-state index in [2.05, 4.69) is 26.5 Å². The van der Waals surface area contributed by atoms with Crippen molar-refractivity contribution in [2.45, 2.75) is 13.8 Å². The van der Waals surface area contributed by atoms with Gasteiger partial charge in [0.05, 0.1) is 6.21 Å². The van der Waals surface area contributed by atoms with Gasteiger partial charge in [-0.2, -0.15) is 5.10 Å². The molecule has 6 heteroatoms. The Kier molecular flexibility index (Phi) is 5.52. The highest BCUT2D eigenvalue weighted by molar-refractivity contribution is 9.10. The standard InChI is InChI=1S/C15H15BrN2O2S/c1-10-5-6-21-14(10)8-17-18-15(19)9-20-12-3-4-13(16)11(2)7-12/h3-8H,9H2,1-2H3,(H,18,19)/b17-8+. The Morgan fingerprint density at radius 1 is 1.38 bits per heavy atom. The summed E-state index contributed by atoms with van der Waals surface area (Å²) < 4.78 is 6.42. The van der Waals surface area contributed by atoms with Crippen LogP contribution >= 0.6 is 27.3 Å². The Morgan fingerprint density at radius 3 is 2.86 bits per heavy atom. The van der Waals surface area contributed by atoms with Crippen LogP contribution in [0.25, 0.3) is 0 Å². The van der Waals surface area contributed by atoms with Gasteiger partial charge in [0, 0.05) is 9.35 Å². The zero-order chi connectivity index (χ0) is 15.2. The van der Waals surface area contributed by atoms with Gasteiger partial charge in [-0.25, -0.2) is 5.43 Å². The van der Waals surface area contributed by atoms with Crippen molar-refractivity contribution < 1.29 is 9.53 Å². The van der Waals surface area contributed by atoms with E-state index in [1.165, 1.54) is 0 Å². The highest BCUT2D eigenvalue weighted by atomic mass is 79.9. The van der Waals surface area contributed by atoms with E-state index in [9.17, 15) is 4.79 Å². The van der Waals surface area contributed by atoms with Gasteiger partial charge in [-0.3, -0.25) is 4.79 Å². The summed E-state index contributed by atoms with van der Waals surface area (Å²) in [6.07, 6.45) is 1.64. The maximum atomic E-state index is 11.6. The van der Waals surface area contributed by atoms with Crippen LogP contribution in [0.5, 0.6) is 5.75 Å². The second kappa shape index (κ2) is 7.38. The van der Waals surface area contributed by atoms with Gasteiger partial charge in [-0.15, -0.1) is 11.3 Å². The van der Waals surface area contributed by atoms with Gasteiger partial charge in [0.15, 0.2) is 6.61 Å². The van der Waals surface area contributed by atoms with Gasteiger partial charge in [0.2, 0.25) is 0 Å². The molecular weight excluding hydrogens is 352 g/mol. The number of halogens is 1. The van der Waals surface area contributed by atoms with Crippen LogP contribution in [0.3, 0.4) is 0 Å². The topological polar surface area (TPSA) is 50.7 Å². The lowest BCUT2D eigenvalue weighted by molar-refractivity contribution is -0.123. The molecule has 1 amide bonds. The minimum Gasteiger partial charge on any atom is -0.484 e. The van der Waals surface area contributed by atoms with Crippen LogP contribution in [0.4, 0.5) is 0 Å². The number of hydrogen-bond acceptors (Lipinski definition) is 4. The molecule has 0 aliphatic carbocycles. The van der Waals surface area contributed by atoms with Crippen molar-refractivity contribution >= 4 is 39.4 Å². The smallest absolute Gasteiger partial charge is 0.277 e. The Morgan fingerprint density at radius 2 is 2.19 bits per heavy atom. The molecule has 110 valence electrons. The minimum atomic E-state index is -0.291. The molecule has 1 heterocycles. The molecule has 0 saturated heterocycles. The fourth-order valence-electron chi connectivity index (χ4n) is 1.57. The molecule has 2 aromatic rings. The molecule has 0 atom stereocenters. The van der Waals surface area contributed by atoms with Gasteiger partial charge in [0.25, 0.3) is 5.91 Å². The third-order valence-electron chi connectivity index (χ3n) is 2.77. The number of ether oxygens (including phenoxy) is 1. The molecule has 0 aliphatic rings. The number of hydrazone groups is 1. The lowest BCUT2D eigenvalue weighted by Gasteiger charge is -2.06. The predicted octanol–water partition coefficient (Wildman–Crippen LogP) is 3.66. The summed E-state index contributed by atoms with van der Waals surface area (Å²) in [6, 6.07) is 7.57. The molecule has 1 N–H and O–H groups in total. The van der Waals surface area contributed by atoms with Crippen LogP contribution in [0.1, 0.15) is 16.0 Å². The fourth-order valence-corrected chi connectivity index (χ4v) is 2.60. The van der Waals surface area contributed by atoms with E-state index < -0.39 is 0 Å². The molecule has 0 saturated carbocycles. The van der Waals surface area contributed by atoms with E-state index in [0.717, 1.165) is 20.5 Å². The SMILES string of the molecule is Cc1cc(OCC(=O)N/N=C/c2sccc2C)ccc1Br. The van der Waals surface area contributed by atoms with Crippen molar-refractivity contribution in [2.24, 2.45) is 5.10 Å². The van der Waals surface area contributed by atoms with Gasteiger partial charge in [0.1, 0.15) is 5.75 Å². The first-order chi connectivity index (χ1) is 10.1. The molecule has 1 aromatic heterocycles. The van der Waals surface area contributed by atoms with Crippen molar-refractivity contribution in [3.63, 3.8) is 0 Å². The van der Waals surface area contributed by atoms with Gasteiger partial charge >= 0.3 is 0 Å². The maximum absolute atomic E-state index is 11.6. The Balaban J connectivity index is 1.81. The number of hydrogen-bond donors (Lipinski definition) is 1. The van der Waals surface area contributed by atoms with Crippen molar-refractivity contribution in [1.82, 2.24) is 5.43 Å². The monoisotopic (exact) mass is 366 g/mol. The average Bonchev–Trinajstić information content (AvgIpc) is 2.86. The number of amides is 1. The highest BCUT2D eigenvalue weighted by Gasteiger charge is 2.03. The summed E-state index contributed by atoms with van der Waals surface area (Å²) in [5, 5.41) is 5.90. The Labute approximate surface area is 136 Å². The van der Waals surface area contributed by atoms with Crippen LogP contribution in [0.2, 0.25) is 0 Å².